The van der Waals surface area contributed by atoms with Gasteiger partial charge in [0.05, 0.1) is 0 Å². The first kappa shape index (κ1) is 11.9. The SMILES string of the molecule is Cc1cc(Br)ccc1Nc1ncc(C)c(=O)[nH]1. The smallest absolute Gasteiger partial charge is 0.255 e. The van der Waals surface area contributed by atoms with Crippen molar-refractivity contribution in [2.75, 3.05) is 5.32 Å². The molecule has 0 fully saturated rings. The van der Waals surface area contributed by atoms with Crippen LogP contribution in [0.25, 0.3) is 0 Å². The second kappa shape index (κ2) is 4.71. The number of aromatic nitrogens is 2. The summed E-state index contributed by atoms with van der Waals surface area (Å²) in [6.45, 7) is 3.71. The molecule has 1 heterocycles. The molecule has 0 saturated carbocycles. The molecule has 0 aliphatic rings. The van der Waals surface area contributed by atoms with Gasteiger partial charge in [0.1, 0.15) is 0 Å². The average Bonchev–Trinajstić information content (AvgIpc) is 2.27. The van der Waals surface area contributed by atoms with E-state index in [4.69, 9.17) is 0 Å². The van der Waals surface area contributed by atoms with Gasteiger partial charge < -0.3 is 5.32 Å². The van der Waals surface area contributed by atoms with Crippen LogP contribution in [0.2, 0.25) is 0 Å². The number of hydrogen-bond acceptors (Lipinski definition) is 3. The third kappa shape index (κ3) is 2.74. The normalized spacial score (nSPS) is 10.3. The molecule has 1 aromatic heterocycles. The van der Waals surface area contributed by atoms with Crippen LogP contribution in [-0.2, 0) is 0 Å². The second-order valence-electron chi connectivity index (χ2n) is 3.83. The van der Waals surface area contributed by atoms with Crippen molar-refractivity contribution in [3.05, 3.63) is 50.3 Å². The summed E-state index contributed by atoms with van der Waals surface area (Å²) in [6, 6.07) is 5.86. The Morgan fingerprint density at radius 2 is 2.06 bits per heavy atom. The number of aromatic amines is 1. The number of benzene rings is 1. The fraction of sp³-hybridized carbons (Fsp3) is 0.167. The molecular formula is C12H12BrN3O. The van der Waals surface area contributed by atoms with Gasteiger partial charge in [-0.25, -0.2) is 4.98 Å². The second-order valence-corrected chi connectivity index (χ2v) is 4.74. The number of anilines is 2. The largest absolute Gasteiger partial charge is 0.325 e. The van der Waals surface area contributed by atoms with Crippen molar-refractivity contribution >= 4 is 27.6 Å². The van der Waals surface area contributed by atoms with Crippen LogP contribution < -0.4 is 10.9 Å². The molecule has 0 unspecified atom stereocenters. The van der Waals surface area contributed by atoms with Crippen LogP contribution in [0.5, 0.6) is 0 Å². The summed E-state index contributed by atoms with van der Waals surface area (Å²) in [5.74, 6) is 0.450. The molecule has 0 spiro atoms. The number of nitrogens with zero attached hydrogens (tertiary/aromatic N) is 1. The van der Waals surface area contributed by atoms with E-state index in [1.165, 1.54) is 0 Å². The third-order valence-corrected chi connectivity index (χ3v) is 2.91. The molecule has 5 heteroatoms. The molecule has 0 bridgehead atoms. The maximum Gasteiger partial charge on any atom is 0.255 e. The van der Waals surface area contributed by atoms with E-state index in [2.05, 4.69) is 31.2 Å². The van der Waals surface area contributed by atoms with Gasteiger partial charge in [-0.3, -0.25) is 9.78 Å². The lowest BCUT2D eigenvalue weighted by Gasteiger charge is -2.08. The number of nitrogens with one attached hydrogen (secondary N) is 2. The zero-order valence-corrected chi connectivity index (χ0v) is 11.1. The first-order chi connectivity index (χ1) is 8.06. The molecule has 0 radical (unpaired) electrons. The fourth-order valence-corrected chi connectivity index (χ4v) is 1.89. The summed E-state index contributed by atoms with van der Waals surface area (Å²) in [6.07, 6.45) is 1.55. The van der Waals surface area contributed by atoms with Gasteiger partial charge in [0.2, 0.25) is 5.95 Å². The van der Waals surface area contributed by atoms with Gasteiger partial charge in [0.15, 0.2) is 0 Å². The van der Waals surface area contributed by atoms with E-state index in [0.29, 0.717) is 11.5 Å². The monoisotopic (exact) mass is 293 g/mol. The maximum absolute atomic E-state index is 11.4. The Labute approximate surface area is 107 Å². The van der Waals surface area contributed by atoms with Gasteiger partial charge in [0, 0.05) is 21.9 Å². The lowest BCUT2D eigenvalue weighted by molar-refractivity contribution is 1.08. The maximum atomic E-state index is 11.4. The fourth-order valence-electron chi connectivity index (χ4n) is 1.42. The minimum absolute atomic E-state index is 0.128. The summed E-state index contributed by atoms with van der Waals surface area (Å²) >= 11 is 3.40. The number of hydrogen-bond donors (Lipinski definition) is 2. The van der Waals surface area contributed by atoms with Gasteiger partial charge in [-0.1, -0.05) is 15.9 Å². The van der Waals surface area contributed by atoms with Crippen LogP contribution in [0.1, 0.15) is 11.1 Å². The van der Waals surface area contributed by atoms with Crippen molar-refractivity contribution in [2.45, 2.75) is 13.8 Å². The highest BCUT2D eigenvalue weighted by molar-refractivity contribution is 9.10. The van der Waals surface area contributed by atoms with Gasteiger partial charge in [-0.2, -0.15) is 0 Å². The van der Waals surface area contributed by atoms with Gasteiger partial charge in [-0.15, -0.1) is 0 Å². The van der Waals surface area contributed by atoms with Crippen LogP contribution in [0.4, 0.5) is 11.6 Å². The van der Waals surface area contributed by atoms with E-state index in [9.17, 15) is 4.79 Å². The van der Waals surface area contributed by atoms with Crippen molar-refractivity contribution in [3.63, 3.8) is 0 Å². The molecule has 88 valence electrons. The van der Waals surface area contributed by atoms with Crippen molar-refractivity contribution in [1.82, 2.24) is 9.97 Å². The highest BCUT2D eigenvalue weighted by Crippen LogP contribution is 2.21. The van der Waals surface area contributed by atoms with E-state index >= 15 is 0 Å². The Kier molecular flexibility index (Phi) is 3.28. The molecule has 0 aliphatic carbocycles. The molecule has 17 heavy (non-hydrogen) atoms. The quantitative estimate of drug-likeness (QED) is 0.895. The lowest BCUT2D eigenvalue weighted by Crippen LogP contribution is -2.12. The molecule has 0 aliphatic heterocycles. The van der Waals surface area contributed by atoms with Gasteiger partial charge >= 0.3 is 0 Å². The van der Waals surface area contributed by atoms with Gasteiger partial charge in [-0.05, 0) is 37.6 Å². The molecule has 0 atom stereocenters. The topological polar surface area (TPSA) is 57.8 Å². The highest BCUT2D eigenvalue weighted by Gasteiger charge is 2.02. The zero-order chi connectivity index (χ0) is 12.4. The van der Waals surface area contributed by atoms with Crippen LogP contribution in [-0.4, -0.2) is 9.97 Å². The highest BCUT2D eigenvalue weighted by atomic mass is 79.9. The van der Waals surface area contributed by atoms with E-state index in [0.717, 1.165) is 15.7 Å². The van der Waals surface area contributed by atoms with Crippen molar-refractivity contribution in [3.8, 4) is 0 Å². The van der Waals surface area contributed by atoms with Crippen LogP contribution >= 0.6 is 15.9 Å². The lowest BCUT2D eigenvalue weighted by atomic mass is 10.2. The Balaban J connectivity index is 2.31. The molecule has 2 N–H and O–H groups in total. The van der Waals surface area contributed by atoms with Crippen LogP contribution in [0.15, 0.2) is 33.7 Å². The first-order valence-electron chi connectivity index (χ1n) is 5.15. The Hall–Kier alpha value is -1.62. The number of aryl methyl sites for hydroxylation is 2. The molecule has 2 rings (SSSR count). The van der Waals surface area contributed by atoms with Crippen molar-refractivity contribution < 1.29 is 0 Å². The molecule has 4 nitrogen and oxygen atoms in total. The van der Waals surface area contributed by atoms with E-state index in [1.54, 1.807) is 13.1 Å². The Morgan fingerprint density at radius 3 is 2.71 bits per heavy atom. The van der Waals surface area contributed by atoms with E-state index in [1.807, 2.05) is 25.1 Å². The van der Waals surface area contributed by atoms with Crippen molar-refractivity contribution in [2.24, 2.45) is 0 Å². The van der Waals surface area contributed by atoms with Gasteiger partial charge in [0.25, 0.3) is 5.56 Å². The average molecular weight is 294 g/mol. The molecular weight excluding hydrogens is 282 g/mol. The molecule has 1 aromatic carbocycles. The minimum Gasteiger partial charge on any atom is -0.325 e. The van der Waals surface area contributed by atoms with Crippen LogP contribution in [0, 0.1) is 13.8 Å². The number of halogens is 1. The predicted molar refractivity (Wildman–Crippen MR) is 71.8 cm³/mol. The first-order valence-corrected chi connectivity index (χ1v) is 5.94. The summed E-state index contributed by atoms with van der Waals surface area (Å²) < 4.78 is 1.02. The minimum atomic E-state index is -0.128. The Bertz CT molecular complexity index is 607. The standard InChI is InChI=1S/C12H12BrN3O/c1-7-5-9(13)3-4-10(7)15-12-14-6-8(2)11(17)16-12/h3-6H,1-2H3,(H2,14,15,16,17). The number of H-pyrrole nitrogens is 1. The summed E-state index contributed by atoms with van der Waals surface area (Å²) in [5, 5.41) is 3.08. The molecule has 0 saturated heterocycles. The summed E-state index contributed by atoms with van der Waals surface area (Å²) in [7, 11) is 0. The summed E-state index contributed by atoms with van der Waals surface area (Å²) in [5.41, 5.74) is 2.46. The third-order valence-electron chi connectivity index (χ3n) is 2.42. The van der Waals surface area contributed by atoms with Crippen LogP contribution in [0.3, 0.4) is 0 Å². The Morgan fingerprint density at radius 1 is 1.29 bits per heavy atom. The number of rotatable bonds is 2. The van der Waals surface area contributed by atoms with E-state index < -0.39 is 0 Å². The predicted octanol–water partition coefficient (Wildman–Crippen LogP) is 2.89. The van der Waals surface area contributed by atoms with E-state index in [-0.39, 0.29) is 5.56 Å². The van der Waals surface area contributed by atoms with Crippen molar-refractivity contribution in [1.29, 1.82) is 0 Å². The zero-order valence-electron chi connectivity index (χ0n) is 9.54. The molecule has 0 amide bonds. The molecule has 2 aromatic rings. The summed E-state index contributed by atoms with van der Waals surface area (Å²) in [4.78, 5) is 18.2.